The Morgan fingerprint density at radius 3 is 2.30 bits per heavy atom. The first-order valence-corrected chi connectivity index (χ1v) is 9.19. The first-order valence-electron chi connectivity index (χ1n) is 9.19. The number of carbonyl (C=O) groups excluding carboxylic acids is 2. The van der Waals surface area contributed by atoms with Gasteiger partial charge in [-0.1, -0.05) is 19.9 Å². The summed E-state index contributed by atoms with van der Waals surface area (Å²) < 4.78 is 5.53. The highest BCUT2D eigenvalue weighted by molar-refractivity contribution is 5.96. The Bertz CT molecular complexity index is 773. The molecule has 0 aromatic heterocycles. The number of benzene rings is 2. The van der Waals surface area contributed by atoms with E-state index >= 15 is 0 Å². The number of nitrogens with one attached hydrogen (secondary N) is 3. The Balaban J connectivity index is 1.88. The van der Waals surface area contributed by atoms with Crippen LogP contribution in [0.25, 0.3) is 0 Å². The molecule has 0 radical (unpaired) electrons. The standard InChI is InChI=1S/C21H27N3O3/c1-4-12-27-18-10-8-16(9-11-18)22-14-21(26)23-17-7-6-15(3)19(13-17)24-20(25)5-2/h6-11,13,22H,4-5,12,14H2,1-3H3,(H,23,26)(H,24,25). The number of aryl methyl sites for hydroxylation is 1. The van der Waals surface area contributed by atoms with E-state index in [1.165, 1.54) is 0 Å². The highest BCUT2D eigenvalue weighted by atomic mass is 16.5. The Hall–Kier alpha value is -3.02. The minimum absolute atomic E-state index is 0.0605. The maximum atomic E-state index is 12.2. The van der Waals surface area contributed by atoms with Gasteiger partial charge in [-0.3, -0.25) is 9.59 Å². The van der Waals surface area contributed by atoms with Gasteiger partial charge in [0.25, 0.3) is 0 Å². The van der Waals surface area contributed by atoms with E-state index in [9.17, 15) is 9.59 Å². The van der Waals surface area contributed by atoms with Crippen molar-refractivity contribution in [2.24, 2.45) is 0 Å². The zero-order valence-electron chi connectivity index (χ0n) is 16.1. The van der Waals surface area contributed by atoms with Crippen molar-refractivity contribution in [3.05, 3.63) is 48.0 Å². The van der Waals surface area contributed by atoms with Crippen LogP contribution < -0.4 is 20.7 Å². The van der Waals surface area contributed by atoms with Crippen molar-refractivity contribution in [3.8, 4) is 5.75 Å². The largest absolute Gasteiger partial charge is 0.494 e. The molecule has 0 atom stereocenters. The number of ether oxygens (including phenoxy) is 1. The molecule has 0 heterocycles. The molecule has 27 heavy (non-hydrogen) atoms. The highest BCUT2D eigenvalue weighted by Crippen LogP contribution is 2.21. The van der Waals surface area contributed by atoms with Crippen molar-refractivity contribution < 1.29 is 14.3 Å². The maximum Gasteiger partial charge on any atom is 0.243 e. The Morgan fingerprint density at radius 1 is 0.926 bits per heavy atom. The number of hydrogen-bond donors (Lipinski definition) is 3. The molecule has 0 spiro atoms. The fourth-order valence-electron chi connectivity index (χ4n) is 2.35. The van der Waals surface area contributed by atoms with E-state index < -0.39 is 0 Å². The van der Waals surface area contributed by atoms with Crippen molar-refractivity contribution in [2.45, 2.75) is 33.6 Å². The predicted octanol–water partition coefficient (Wildman–Crippen LogP) is 4.18. The maximum absolute atomic E-state index is 12.2. The summed E-state index contributed by atoms with van der Waals surface area (Å²) in [6, 6.07) is 12.9. The lowest BCUT2D eigenvalue weighted by Gasteiger charge is -2.12. The Labute approximate surface area is 160 Å². The van der Waals surface area contributed by atoms with Gasteiger partial charge in [0.2, 0.25) is 11.8 Å². The van der Waals surface area contributed by atoms with Crippen molar-refractivity contribution in [1.82, 2.24) is 0 Å². The van der Waals surface area contributed by atoms with Crippen LogP contribution in [0.2, 0.25) is 0 Å². The molecule has 0 unspecified atom stereocenters. The molecule has 2 amide bonds. The molecule has 0 aliphatic heterocycles. The van der Waals surface area contributed by atoms with Gasteiger partial charge in [-0.15, -0.1) is 0 Å². The molecule has 0 fully saturated rings. The summed E-state index contributed by atoms with van der Waals surface area (Å²) in [6.45, 7) is 6.59. The molecule has 0 saturated carbocycles. The van der Waals surface area contributed by atoms with Crippen LogP contribution >= 0.6 is 0 Å². The van der Waals surface area contributed by atoms with Gasteiger partial charge in [0.05, 0.1) is 13.2 Å². The summed E-state index contributed by atoms with van der Waals surface area (Å²) >= 11 is 0. The second kappa shape index (κ2) is 10.2. The summed E-state index contributed by atoms with van der Waals surface area (Å²) in [7, 11) is 0. The summed E-state index contributed by atoms with van der Waals surface area (Å²) in [5, 5.41) is 8.74. The smallest absolute Gasteiger partial charge is 0.243 e. The van der Waals surface area contributed by atoms with Crippen LogP contribution in [-0.2, 0) is 9.59 Å². The molecule has 6 nitrogen and oxygen atoms in total. The zero-order chi connectivity index (χ0) is 19.6. The molecule has 0 bridgehead atoms. The van der Waals surface area contributed by atoms with Crippen LogP contribution in [0.4, 0.5) is 17.1 Å². The number of rotatable bonds is 9. The van der Waals surface area contributed by atoms with Crippen LogP contribution in [0.1, 0.15) is 32.3 Å². The molecule has 0 aliphatic carbocycles. The van der Waals surface area contributed by atoms with Crippen molar-refractivity contribution in [3.63, 3.8) is 0 Å². The van der Waals surface area contributed by atoms with E-state index in [0.29, 0.717) is 24.4 Å². The third kappa shape index (κ3) is 6.66. The molecule has 2 aromatic carbocycles. The van der Waals surface area contributed by atoms with Crippen LogP contribution in [-0.4, -0.2) is 25.0 Å². The normalized spacial score (nSPS) is 10.2. The van der Waals surface area contributed by atoms with Gasteiger partial charge < -0.3 is 20.7 Å². The lowest BCUT2D eigenvalue weighted by Crippen LogP contribution is -2.22. The SMILES string of the molecule is CCCOc1ccc(NCC(=O)Nc2ccc(C)c(NC(=O)CC)c2)cc1. The van der Waals surface area contributed by atoms with Crippen LogP contribution in [0.5, 0.6) is 5.75 Å². The summed E-state index contributed by atoms with van der Waals surface area (Å²) in [4.78, 5) is 23.8. The zero-order valence-corrected chi connectivity index (χ0v) is 16.1. The lowest BCUT2D eigenvalue weighted by molar-refractivity contribution is -0.116. The molecule has 6 heteroatoms. The number of carbonyl (C=O) groups is 2. The highest BCUT2D eigenvalue weighted by Gasteiger charge is 2.07. The van der Waals surface area contributed by atoms with E-state index in [-0.39, 0.29) is 18.4 Å². The van der Waals surface area contributed by atoms with Gasteiger partial charge >= 0.3 is 0 Å². The number of hydrogen-bond acceptors (Lipinski definition) is 4. The third-order valence-corrected chi connectivity index (χ3v) is 3.90. The van der Waals surface area contributed by atoms with E-state index in [1.54, 1.807) is 13.0 Å². The van der Waals surface area contributed by atoms with E-state index in [0.717, 1.165) is 23.4 Å². The van der Waals surface area contributed by atoms with Gasteiger partial charge in [-0.2, -0.15) is 0 Å². The first-order chi connectivity index (χ1) is 13.0. The molecular formula is C21H27N3O3. The van der Waals surface area contributed by atoms with Crippen molar-refractivity contribution in [2.75, 3.05) is 29.1 Å². The second-order valence-corrected chi connectivity index (χ2v) is 6.21. The fraction of sp³-hybridized carbons (Fsp3) is 0.333. The van der Waals surface area contributed by atoms with E-state index in [2.05, 4.69) is 22.9 Å². The first kappa shape index (κ1) is 20.3. The second-order valence-electron chi connectivity index (χ2n) is 6.21. The molecule has 0 saturated heterocycles. The minimum Gasteiger partial charge on any atom is -0.494 e. The molecule has 144 valence electrons. The van der Waals surface area contributed by atoms with Gasteiger partial charge in [-0.25, -0.2) is 0 Å². The topological polar surface area (TPSA) is 79.5 Å². The van der Waals surface area contributed by atoms with Crippen LogP contribution in [0.15, 0.2) is 42.5 Å². The monoisotopic (exact) mass is 369 g/mol. The molecule has 3 N–H and O–H groups in total. The summed E-state index contributed by atoms with van der Waals surface area (Å²) in [6.07, 6.45) is 1.37. The lowest BCUT2D eigenvalue weighted by atomic mass is 10.1. The van der Waals surface area contributed by atoms with Gasteiger partial charge in [0.1, 0.15) is 5.75 Å². The summed E-state index contributed by atoms with van der Waals surface area (Å²) in [5.74, 6) is 0.584. The van der Waals surface area contributed by atoms with Gasteiger partial charge in [-0.05, 0) is 55.3 Å². The predicted molar refractivity (Wildman–Crippen MR) is 109 cm³/mol. The average Bonchev–Trinajstić information content (AvgIpc) is 2.68. The van der Waals surface area contributed by atoms with Crippen LogP contribution in [0, 0.1) is 6.92 Å². The number of anilines is 3. The van der Waals surface area contributed by atoms with Gasteiger partial charge in [0.15, 0.2) is 0 Å². The Morgan fingerprint density at radius 2 is 1.63 bits per heavy atom. The molecule has 2 rings (SSSR count). The molecular weight excluding hydrogens is 342 g/mol. The minimum atomic E-state index is -0.169. The average molecular weight is 369 g/mol. The Kier molecular flexibility index (Phi) is 7.67. The fourth-order valence-corrected chi connectivity index (χ4v) is 2.35. The summed E-state index contributed by atoms with van der Waals surface area (Å²) in [5.41, 5.74) is 3.13. The van der Waals surface area contributed by atoms with Gasteiger partial charge in [0, 0.05) is 23.5 Å². The van der Waals surface area contributed by atoms with Crippen molar-refractivity contribution in [1.29, 1.82) is 0 Å². The molecule has 0 aliphatic rings. The number of amides is 2. The van der Waals surface area contributed by atoms with Crippen LogP contribution in [0.3, 0.4) is 0 Å². The van der Waals surface area contributed by atoms with Crippen molar-refractivity contribution >= 4 is 28.9 Å². The third-order valence-electron chi connectivity index (χ3n) is 3.90. The van der Waals surface area contributed by atoms with E-state index in [4.69, 9.17) is 4.74 Å². The van der Waals surface area contributed by atoms with E-state index in [1.807, 2.05) is 43.3 Å². The quantitative estimate of drug-likeness (QED) is 0.619. The molecule has 2 aromatic rings.